The second kappa shape index (κ2) is 7.27. The van der Waals surface area contributed by atoms with Crippen molar-refractivity contribution >= 4 is 11.9 Å². The Hall–Kier alpha value is -1.10. The summed E-state index contributed by atoms with van der Waals surface area (Å²) in [6.07, 6.45) is 0.866. The minimum absolute atomic E-state index is 0.0910. The number of carbonyl (C=O) groups is 2. The maximum absolute atomic E-state index is 11.6. The van der Waals surface area contributed by atoms with E-state index >= 15 is 0 Å². The molecule has 0 aromatic carbocycles. The molecule has 0 rings (SSSR count). The smallest absolute Gasteiger partial charge is 0.326 e. The Bertz CT molecular complexity index is 266. The Morgan fingerprint density at radius 2 is 1.82 bits per heavy atom. The molecule has 0 saturated heterocycles. The van der Waals surface area contributed by atoms with Crippen LogP contribution < -0.4 is 11.1 Å². The van der Waals surface area contributed by atoms with Crippen LogP contribution in [0.4, 0.5) is 0 Å². The number of carbonyl (C=O) groups excluding carboxylic acids is 1. The van der Waals surface area contributed by atoms with Gasteiger partial charge in [0.2, 0.25) is 5.91 Å². The third kappa shape index (κ3) is 5.68. The first-order valence-electron chi connectivity index (χ1n) is 6.07. The fraction of sp³-hybridized carbons (Fsp3) is 0.833. The summed E-state index contributed by atoms with van der Waals surface area (Å²) in [6.45, 7) is 7.57. The molecule has 0 aromatic heterocycles. The topological polar surface area (TPSA) is 92.4 Å². The van der Waals surface area contributed by atoms with Crippen LogP contribution in [0.5, 0.6) is 0 Å². The van der Waals surface area contributed by atoms with Crippen molar-refractivity contribution in [2.75, 3.05) is 0 Å². The van der Waals surface area contributed by atoms with E-state index in [4.69, 9.17) is 10.8 Å². The molecular formula is C12H24N2O3. The molecule has 3 atom stereocenters. The summed E-state index contributed by atoms with van der Waals surface area (Å²) in [7, 11) is 0. The summed E-state index contributed by atoms with van der Waals surface area (Å²) in [5.41, 5.74) is 5.77. The van der Waals surface area contributed by atoms with Crippen LogP contribution in [0.15, 0.2) is 0 Å². The number of amides is 1. The zero-order valence-electron chi connectivity index (χ0n) is 11.1. The summed E-state index contributed by atoms with van der Waals surface area (Å²) in [6, 6.07) is -1.06. The summed E-state index contributed by atoms with van der Waals surface area (Å²) < 4.78 is 0. The molecule has 0 bridgehead atoms. The second-order valence-electron chi connectivity index (χ2n) is 4.88. The van der Waals surface area contributed by atoms with Crippen molar-refractivity contribution in [3.8, 4) is 0 Å². The number of carboxylic acid groups (broad SMARTS) is 1. The highest BCUT2D eigenvalue weighted by molar-refractivity contribution is 5.84. The van der Waals surface area contributed by atoms with E-state index in [9.17, 15) is 9.59 Å². The molecule has 5 heteroatoms. The predicted molar refractivity (Wildman–Crippen MR) is 66.5 cm³/mol. The van der Waals surface area contributed by atoms with Crippen LogP contribution in [0.2, 0.25) is 0 Å². The lowest BCUT2D eigenvalue weighted by molar-refractivity contribution is -0.143. The van der Waals surface area contributed by atoms with Crippen molar-refractivity contribution in [3.63, 3.8) is 0 Å². The Labute approximate surface area is 103 Å². The molecule has 0 saturated carbocycles. The fourth-order valence-electron chi connectivity index (χ4n) is 1.37. The highest BCUT2D eigenvalue weighted by Crippen LogP contribution is 2.09. The zero-order chi connectivity index (χ0) is 13.6. The highest BCUT2D eigenvalue weighted by atomic mass is 16.4. The molecule has 0 radical (unpaired) electrons. The van der Waals surface area contributed by atoms with E-state index < -0.39 is 12.0 Å². The van der Waals surface area contributed by atoms with E-state index in [0.29, 0.717) is 6.42 Å². The van der Waals surface area contributed by atoms with E-state index in [1.54, 1.807) is 6.92 Å². The number of carboxylic acids is 1. The maximum Gasteiger partial charge on any atom is 0.326 e. The lowest BCUT2D eigenvalue weighted by Crippen LogP contribution is -2.46. The van der Waals surface area contributed by atoms with E-state index in [0.717, 1.165) is 0 Å². The highest BCUT2D eigenvalue weighted by Gasteiger charge is 2.26. The van der Waals surface area contributed by atoms with Gasteiger partial charge in [0, 0.05) is 12.5 Å². The Kier molecular flexibility index (Phi) is 6.80. The van der Waals surface area contributed by atoms with Crippen LogP contribution >= 0.6 is 0 Å². The monoisotopic (exact) mass is 244 g/mol. The van der Waals surface area contributed by atoms with Gasteiger partial charge in [0.1, 0.15) is 6.04 Å². The SMILES string of the molecule is CCC(C)C(NC(=O)CC(N)C(C)C)C(=O)O. The van der Waals surface area contributed by atoms with Crippen LogP contribution in [0.1, 0.15) is 40.5 Å². The molecule has 0 heterocycles. The van der Waals surface area contributed by atoms with Crippen LogP contribution in [0, 0.1) is 11.8 Å². The molecule has 0 fully saturated rings. The minimum Gasteiger partial charge on any atom is -0.480 e. The van der Waals surface area contributed by atoms with Crippen molar-refractivity contribution in [1.29, 1.82) is 0 Å². The lowest BCUT2D eigenvalue weighted by Gasteiger charge is -2.22. The first-order chi connectivity index (χ1) is 7.79. The van der Waals surface area contributed by atoms with Gasteiger partial charge in [0.15, 0.2) is 0 Å². The molecule has 0 aliphatic heterocycles. The molecular weight excluding hydrogens is 220 g/mol. The van der Waals surface area contributed by atoms with Gasteiger partial charge in [0.05, 0.1) is 0 Å². The molecule has 17 heavy (non-hydrogen) atoms. The van der Waals surface area contributed by atoms with Gasteiger partial charge in [-0.15, -0.1) is 0 Å². The first-order valence-corrected chi connectivity index (χ1v) is 6.07. The number of hydrogen-bond acceptors (Lipinski definition) is 3. The number of hydrogen-bond donors (Lipinski definition) is 3. The van der Waals surface area contributed by atoms with E-state index in [1.165, 1.54) is 0 Å². The standard InChI is InChI=1S/C12H24N2O3/c1-5-8(4)11(12(16)17)14-10(15)6-9(13)7(2)3/h7-9,11H,5-6,13H2,1-4H3,(H,14,15)(H,16,17). The van der Waals surface area contributed by atoms with Crippen molar-refractivity contribution in [2.24, 2.45) is 17.6 Å². The number of nitrogens with two attached hydrogens (primary N) is 1. The van der Waals surface area contributed by atoms with Gasteiger partial charge in [-0.25, -0.2) is 4.79 Å². The summed E-state index contributed by atoms with van der Waals surface area (Å²) >= 11 is 0. The molecule has 0 spiro atoms. The van der Waals surface area contributed by atoms with E-state index in [-0.39, 0.29) is 30.2 Å². The van der Waals surface area contributed by atoms with Gasteiger partial charge in [-0.3, -0.25) is 4.79 Å². The molecule has 0 aliphatic rings. The van der Waals surface area contributed by atoms with Crippen LogP contribution in [0.3, 0.4) is 0 Å². The Balaban J connectivity index is 4.37. The zero-order valence-corrected chi connectivity index (χ0v) is 11.1. The largest absolute Gasteiger partial charge is 0.480 e. The van der Waals surface area contributed by atoms with Crippen molar-refractivity contribution < 1.29 is 14.7 Å². The molecule has 100 valence electrons. The van der Waals surface area contributed by atoms with E-state index in [2.05, 4.69) is 5.32 Å². The average Bonchev–Trinajstić information content (AvgIpc) is 2.24. The molecule has 0 aromatic rings. The van der Waals surface area contributed by atoms with Gasteiger partial charge in [-0.2, -0.15) is 0 Å². The molecule has 4 N–H and O–H groups in total. The van der Waals surface area contributed by atoms with Crippen LogP contribution in [-0.2, 0) is 9.59 Å². The quantitative estimate of drug-likeness (QED) is 0.622. The molecule has 0 aliphatic carbocycles. The van der Waals surface area contributed by atoms with Gasteiger partial charge in [0.25, 0.3) is 0 Å². The Morgan fingerprint density at radius 1 is 1.29 bits per heavy atom. The van der Waals surface area contributed by atoms with Gasteiger partial charge in [-0.05, 0) is 11.8 Å². The number of nitrogens with one attached hydrogen (secondary N) is 1. The summed E-state index contributed by atoms with van der Waals surface area (Å²) in [4.78, 5) is 22.6. The number of rotatable bonds is 7. The van der Waals surface area contributed by atoms with Crippen LogP contribution in [0.25, 0.3) is 0 Å². The maximum atomic E-state index is 11.6. The third-order valence-electron chi connectivity index (χ3n) is 3.07. The molecule has 1 amide bonds. The molecule has 3 unspecified atom stereocenters. The van der Waals surface area contributed by atoms with Crippen LogP contribution in [-0.4, -0.2) is 29.1 Å². The summed E-state index contributed by atoms with van der Waals surface area (Å²) in [5.74, 6) is -1.18. The fourth-order valence-corrected chi connectivity index (χ4v) is 1.37. The third-order valence-corrected chi connectivity index (χ3v) is 3.07. The van der Waals surface area contributed by atoms with Gasteiger partial charge >= 0.3 is 5.97 Å². The number of aliphatic carboxylic acids is 1. The summed E-state index contributed by atoms with van der Waals surface area (Å²) in [5, 5.41) is 11.6. The van der Waals surface area contributed by atoms with Gasteiger partial charge < -0.3 is 16.2 Å². The van der Waals surface area contributed by atoms with Gasteiger partial charge in [-0.1, -0.05) is 34.1 Å². The minimum atomic E-state index is -0.995. The average molecular weight is 244 g/mol. The first kappa shape index (κ1) is 15.9. The van der Waals surface area contributed by atoms with Crippen molar-refractivity contribution in [3.05, 3.63) is 0 Å². The normalized spacial score (nSPS) is 16.4. The second-order valence-corrected chi connectivity index (χ2v) is 4.88. The molecule has 5 nitrogen and oxygen atoms in total. The Morgan fingerprint density at radius 3 is 2.18 bits per heavy atom. The van der Waals surface area contributed by atoms with Crippen molar-refractivity contribution in [1.82, 2.24) is 5.32 Å². The predicted octanol–water partition coefficient (Wildman–Crippen LogP) is 0.975. The van der Waals surface area contributed by atoms with Crippen molar-refractivity contribution in [2.45, 2.75) is 52.6 Å². The lowest BCUT2D eigenvalue weighted by atomic mass is 9.98. The van der Waals surface area contributed by atoms with E-state index in [1.807, 2.05) is 20.8 Å².